The van der Waals surface area contributed by atoms with E-state index in [0.29, 0.717) is 6.54 Å². The molecule has 0 spiro atoms. The summed E-state index contributed by atoms with van der Waals surface area (Å²) in [6.07, 6.45) is 0.854. The van der Waals surface area contributed by atoms with Crippen LogP contribution in [-0.4, -0.2) is 42.2 Å². The molecule has 3 rings (SSSR count). The molecule has 0 fully saturated rings. The lowest BCUT2D eigenvalue weighted by molar-refractivity contribution is -0.123. The van der Waals surface area contributed by atoms with Crippen LogP contribution in [0.3, 0.4) is 0 Å². The third-order valence-electron chi connectivity index (χ3n) is 5.01. The van der Waals surface area contributed by atoms with Crippen LogP contribution in [-0.2, 0) is 11.2 Å². The van der Waals surface area contributed by atoms with Crippen LogP contribution >= 0.6 is 0 Å². The first-order valence-electron chi connectivity index (χ1n) is 9.81. The standard InChI is InChI=1S/C24H28N2O2/c1-19(22-13-7-11-21-10-5-6-12-23(21)22)25-24(28)18-26(16-17-27)15-14-20-8-3-2-4-9-20/h2-13,19,27H,14-18H2,1H3,(H,25,28). The Morgan fingerprint density at radius 3 is 2.46 bits per heavy atom. The summed E-state index contributed by atoms with van der Waals surface area (Å²) in [7, 11) is 0. The van der Waals surface area contributed by atoms with Crippen molar-refractivity contribution < 1.29 is 9.90 Å². The molecule has 0 radical (unpaired) electrons. The number of aliphatic hydroxyl groups excluding tert-OH is 1. The number of hydrogen-bond acceptors (Lipinski definition) is 3. The van der Waals surface area contributed by atoms with Crippen molar-refractivity contribution in [1.29, 1.82) is 0 Å². The first-order chi connectivity index (χ1) is 13.7. The van der Waals surface area contributed by atoms with Crippen molar-refractivity contribution in [2.45, 2.75) is 19.4 Å². The molecule has 0 aliphatic carbocycles. The van der Waals surface area contributed by atoms with Crippen LogP contribution in [0.2, 0.25) is 0 Å². The number of aliphatic hydroxyl groups is 1. The Bertz CT molecular complexity index is 890. The Kier molecular flexibility index (Phi) is 7.18. The lowest BCUT2D eigenvalue weighted by atomic mass is 10.00. The van der Waals surface area contributed by atoms with Gasteiger partial charge in [-0.15, -0.1) is 0 Å². The average Bonchev–Trinajstić information content (AvgIpc) is 2.72. The Labute approximate surface area is 166 Å². The molecule has 3 aromatic rings. The van der Waals surface area contributed by atoms with Gasteiger partial charge in [-0.1, -0.05) is 72.8 Å². The van der Waals surface area contributed by atoms with Gasteiger partial charge in [0.2, 0.25) is 5.91 Å². The highest BCUT2D eigenvalue weighted by Crippen LogP contribution is 2.23. The van der Waals surface area contributed by atoms with E-state index in [2.05, 4.69) is 41.7 Å². The van der Waals surface area contributed by atoms with Crippen molar-refractivity contribution in [3.05, 3.63) is 83.9 Å². The van der Waals surface area contributed by atoms with Gasteiger partial charge < -0.3 is 10.4 Å². The van der Waals surface area contributed by atoms with E-state index in [0.717, 1.165) is 23.9 Å². The second kappa shape index (κ2) is 10.0. The number of benzene rings is 3. The number of amides is 1. The van der Waals surface area contributed by atoms with Gasteiger partial charge in [-0.05, 0) is 35.2 Å². The molecule has 0 aliphatic rings. The molecule has 0 saturated carbocycles. The molecule has 3 aromatic carbocycles. The molecule has 0 bridgehead atoms. The number of carbonyl (C=O) groups excluding carboxylic acids is 1. The van der Waals surface area contributed by atoms with E-state index in [1.807, 2.05) is 48.2 Å². The Balaban J connectivity index is 1.60. The molecule has 1 atom stereocenters. The van der Waals surface area contributed by atoms with E-state index in [4.69, 9.17) is 0 Å². The molecule has 0 aromatic heterocycles. The molecular weight excluding hydrogens is 348 g/mol. The summed E-state index contributed by atoms with van der Waals surface area (Å²) in [6.45, 7) is 3.56. The van der Waals surface area contributed by atoms with Crippen molar-refractivity contribution in [3.63, 3.8) is 0 Å². The van der Waals surface area contributed by atoms with Gasteiger partial charge in [0.05, 0.1) is 19.2 Å². The fourth-order valence-electron chi connectivity index (χ4n) is 3.54. The molecule has 0 aliphatic heterocycles. The monoisotopic (exact) mass is 376 g/mol. The third kappa shape index (κ3) is 5.41. The van der Waals surface area contributed by atoms with Crippen LogP contribution in [0.4, 0.5) is 0 Å². The second-order valence-electron chi connectivity index (χ2n) is 7.09. The van der Waals surface area contributed by atoms with Crippen LogP contribution in [0.25, 0.3) is 10.8 Å². The Morgan fingerprint density at radius 2 is 1.68 bits per heavy atom. The molecule has 4 heteroatoms. The number of nitrogens with zero attached hydrogens (tertiary/aromatic N) is 1. The molecule has 1 unspecified atom stereocenters. The first kappa shape index (κ1) is 20.1. The van der Waals surface area contributed by atoms with Gasteiger partial charge in [-0.3, -0.25) is 9.69 Å². The van der Waals surface area contributed by atoms with Crippen LogP contribution in [0.15, 0.2) is 72.8 Å². The fourth-order valence-corrected chi connectivity index (χ4v) is 3.54. The topological polar surface area (TPSA) is 52.6 Å². The maximum atomic E-state index is 12.6. The Morgan fingerprint density at radius 1 is 0.964 bits per heavy atom. The lowest BCUT2D eigenvalue weighted by Crippen LogP contribution is -2.40. The highest BCUT2D eigenvalue weighted by Gasteiger charge is 2.15. The minimum absolute atomic E-state index is 0.0260. The summed E-state index contributed by atoms with van der Waals surface area (Å²) in [6, 6.07) is 24.5. The van der Waals surface area contributed by atoms with E-state index in [-0.39, 0.29) is 25.1 Å². The molecule has 2 N–H and O–H groups in total. The van der Waals surface area contributed by atoms with Gasteiger partial charge >= 0.3 is 0 Å². The van der Waals surface area contributed by atoms with E-state index in [1.54, 1.807) is 0 Å². The smallest absolute Gasteiger partial charge is 0.234 e. The summed E-state index contributed by atoms with van der Waals surface area (Å²) < 4.78 is 0. The van der Waals surface area contributed by atoms with Crippen molar-refractivity contribution in [3.8, 4) is 0 Å². The molecule has 28 heavy (non-hydrogen) atoms. The largest absolute Gasteiger partial charge is 0.395 e. The number of hydrogen-bond donors (Lipinski definition) is 2. The van der Waals surface area contributed by atoms with Crippen LogP contribution in [0.1, 0.15) is 24.1 Å². The Hall–Kier alpha value is -2.69. The summed E-state index contributed by atoms with van der Waals surface area (Å²) in [4.78, 5) is 14.6. The molecule has 1 amide bonds. The summed E-state index contributed by atoms with van der Waals surface area (Å²) >= 11 is 0. The number of rotatable bonds is 9. The highest BCUT2D eigenvalue weighted by atomic mass is 16.3. The summed E-state index contributed by atoms with van der Waals surface area (Å²) in [5, 5.41) is 14.8. The molecule has 4 nitrogen and oxygen atoms in total. The van der Waals surface area contributed by atoms with E-state index < -0.39 is 0 Å². The maximum Gasteiger partial charge on any atom is 0.234 e. The van der Waals surface area contributed by atoms with Gasteiger partial charge in [0.1, 0.15) is 0 Å². The zero-order chi connectivity index (χ0) is 19.8. The van der Waals surface area contributed by atoms with Gasteiger partial charge in [0.25, 0.3) is 0 Å². The zero-order valence-corrected chi connectivity index (χ0v) is 16.3. The van der Waals surface area contributed by atoms with Crippen molar-refractivity contribution in [1.82, 2.24) is 10.2 Å². The van der Waals surface area contributed by atoms with Gasteiger partial charge in [0, 0.05) is 13.1 Å². The molecule has 146 valence electrons. The zero-order valence-electron chi connectivity index (χ0n) is 16.3. The third-order valence-corrected chi connectivity index (χ3v) is 5.01. The number of carbonyl (C=O) groups is 1. The van der Waals surface area contributed by atoms with E-state index in [1.165, 1.54) is 10.9 Å². The predicted molar refractivity (Wildman–Crippen MR) is 114 cm³/mol. The SMILES string of the molecule is CC(NC(=O)CN(CCO)CCc1ccccc1)c1cccc2ccccc12. The van der Waals surface area contributed by atoms with Gasteiger partial charge in [-0.25, -0.2) is 0 Å². The van der Waals surface area contributed by atoms with Crippen LogP contribution in [0, 0.1) is 0 Å². The highest BCUT2D eigenvalue weighted by molar-refractivity contribution is 5.87. The predicted octanol–water partition coefficient (Wildman–Crippen LogP) is 3.55. The van der Waals surface area contributed by atoms with Crippen molar-refractivity contribution >= 4 is 16.7 Å². The molecular formula is C24H28N2O2. The summed E-state index contributed by atoms with van der Waals surface area (Å²) in [5.41, 5.74) is 2.35. The number of nitrogens with one attached hydrogen (secondary N) is 1. The van der Waals surface area contributed by atoms with Gasteiger partial charge in [0.15, 0.2) is 0 Å². The minimum Gasteiger partial charge on any atom is -0.395 e. The van der Waals surface area contributed by atoms with Crippen LogP contribution < -0.4 is 5.32 Å². The first-order valence-corrected chi connectivity index (χ1v) is 9.81. The lowest BCUT2D eigenvalue weighted by Gasteiger charge is -2.23. The van der Waals surface area contributed by atoms with E-state index in [9.17, 15) is 9.90 Å². The van der Waals surface area contributed by atoms with Crippen molar-refractivity contribution in [2.24, 2.45) is 0 Å². The quantitative estimate of drug-likeness (QED) is 0.600. The normalized spacial score (nSPS) is 12.2. The minimum atomic E-state index is -0.0799. The van der Waals surface area contributed by atoms with Gasteiger partial charge in [-0.2, -0.15) is 0 Å². The number of fused-ring (bicyclic) bond motifs is 1. The average molecular weight is 377 g/mol. The molecule has 0 heterocycles. The van der Waals surface area contributed by atoms with Crippen molar-refractivity contribution in [2.75, 3.05) is 26.2 Å². The maximum absolute atomic E-state index is 12.6. The fraction of sp³-hybridized carbons (Fsp3) is 0.292. The second-order valence-corrected chi connectivity index (χ2v) is 7.09. The van der Waals surface area contributed by atoms with E-state index >= 15 is 0 Å². The summed E-state index contributed by atoms with van der Waals surface area (Å²) in [5.74, 6) is -0.0260. The van der Waals surface area contributed by atoms with Crippen LogP contribution in [0.5, 0.6) is 0 Å². The molecule has 0 saturated heterocycles.